The Balaban J connectivity index is 2.54. The molecular formula is C14H9F5. The molecule has 2 aromatic rings. The van der Waals surface area contributed by atoms with Gasteiger partial charge in [-0.3, -0.25) is 0 Å². The van der Waals surface area contributed by atoms with Gasteiger partial charge in [-0.1, -0.05) is 18.2 Å². The Morgan fingerprint density at radius 3 is 1.95 bits per heavy atom. The summed E-state index contributed by atoms with van der Waals surface area (Å²) >= 11 is 0. The van der Waals surface area contributed by atoms with E-state index in [4.69, 9.17) is 0 Å². The van der Waals surface area contributed by atoms with Gasteiger partial charge in [-0.25, -0.2) is 8.78 Å². The molecule has 0 aromatic heterocycles. The van der Waals surface area contributed by atoms with E-state index in [0.717, 1.165) is 12.1 Å². The molecule has 0 radical (unpaired) electrons. The molecule has 2 aromatic carbocycles. The van der Waals surface area contributed by atoms with E-state index in [9.17, 15) is 22.0 Å². The molecule has 0 heterocycles. The van der Waals surface area contributed by atoms with Crippen LogP contribution in [0, 0.1) is 18.6 Å². The second kappa shape index (κ2) is 4.64. The van der Waals surface area contributed by atoms with Gasteiger partial charge in [-0.05, 0) is 41.8 Å². The third-order valence-electron chi connectivity index (χ3n) is 2.78. The van der Waals surface area contributed by atoms with Gasteiger partial charge < -0.3 is 0 Å². The van der Waals surface area contributed by atoms with E-state index in [1.54, 1.807) is 6.92 Å². The van der Waals surface area contributed by atoms with E-state index in [1.165, 1.54) is 18.2 Å². The van der Waals surface area contributed by atoms with E-state index < -0.39 is 23.4 Å². The molecule has 0 N–H and O–H groups in total. The fourth-order valence-electron chi connectivity index (χ4n) is 1.69. The first-order valence-electron chi connectivity index (χ1n) is 5.42. The summed E-state index contributed by atoms with van der Waals surface area (Å²) in [6.07, 6.45) is -4.77. The van der Waals surface area contributed by atoms with Crippen LogP contribution >= 0.6 is 0 Å². The lowest BCUT2D eigenvalue weighted by molar-refractivity contribution is -0.139. The van der Waals surface area contributed by atoms with Crippen LogP contribution in [0.25, 0.3) is 11.1 Å². The monoisotopic (exact) mass is 272 g/mol. The molecule has 0 aliphatic carbocycles. The Morgan fingerprint density at radius 2 is 1.37 bits per heavy atom. The number of alkyl halides is 3. The second-order valence-electron chi connectivity index (χ2n) is 4.16. The predicted octanol–water partition coefficient (Wildman–Crippen LogP) is 4.96. The summed E-state index contributed by atoms with van der Waals surface area (Å²) in [7, 11) is 0. The average molecular weight is 272 g/mol. The Bertz CT molecular complexity index is 614. The number of hydrogen-bond acceptors (Lipinski definition) is 0. The first-order valence-corrected chi connectivity index (χ1v) is 5.42. The van der Waals surface area contributed by atoms with E-state index in [1.807, 2.05) is 0 Å². The van der Waals surface area contributed by atoms with Gasteiger partial charge in [0.1, 0.15) is 11.6 Å². The Kier molecular flexibility index (Phi) is 3.30. The summed E-state index contributed by atoms with van der Waals surface area (Å²) in [5.74, 6) is -1.86. The minimum atomic E-state index is -4.77. The first-order chi connectivity index (χ1) is 8.79. The lowest BCUT2D eigenvalue weighted by Gasteiger charge is -2.10. The van der Waals surface area contributed by atoms with Gasteiger partial charge in [0, 0.05) is 0 Å². The van der Waals surface area contributed by atoms with Gasteiger partial charge in [0.15, 0.2) is 0 Å². The van der Waals surface area contributed by atoms with Crippen LogP contribution in [-0.2, 0) is 6.18 Å². The third-order valence-corrected chi connectivity index (χ3v) is 2.78. The van der Waals surface area contributed by atoms with Gasteiger partial charge in [-0.2, -0.15) is 13.2 Å². The number of rotatable bonds is 1. The quantitative estimate of drug-likeness (QED) is 0.644. The highest BCUT2D eigenvalue weighted by atomic mass is 19.4. The van der Waals surface area contributed by atoms with Gasteiger partial charge in [0.25, 0.3) is 0 Å². The topological polar surface area (TPSA) is 0 Å². The lowest BCUT2D eigenvalue weighted by Crippen LogP contribution is -2.08. The third kappa shape index (κ3) is 2.75. The molecule has 0 atom stereocenters. The Labute approximate surface area is 106 Å². The van der Waals surface area contributed by atoms with Crippen LogP contribution in [0.1, 0.15) is 11.1 Å². The van der Waals surface area contributed by atoms with Crippen LogP contribution in [0.2, 0.25) is 0 Å². The second-order valence-corrected chi connectivity index (χ2v) is 4.16. The molecule has 0 spiro atoms. The molecule has 0 saturated heterocycles. The van der Waals surface area contributed by atoms with Crippen LogP contribution < -0.4 is 0 Å². The highest BCUT2D eigenvalue weighted by Gasteiger charge is 2.34. The molecule has 0 fully saturated rings. The van der Waals surface area contributed by atoms with Crippen LogP contribution in [0.3, 0.4) is 0 Å². The fraction of sp³-hybridized carbons (Fsp3) is 0.143. The van der Waals surface area contributed by atoms with Crippen molar-refractivity contribution in [1.82, 2.24) is 0 Å². The van der Waals surface area contributed by atoms with E-state index >= 15 is 0 Å². The SMILES string of the molecule is Cc1ccc(-c2ccc(F)c(C(F)(F)F)c2)cc1F. The zero-order valence-electron chi connectivity index (χ0n) is 9.85. The van der Waals surface area contributed by atoms with Gasteiger partial charge in [0.05, 0.1) is 5.56 Å². The van der Waals surface area contributed by atoms with E-state index in [-0.39, 0.29) is 11.1 Å². The van der Waals surface area contributed by atoms with Gasteiger partial charge in [0.2, 0.25) is 0 Å². The summed E-state index contributed by atoms with van der Waals surface area (Å²) in [6.45, 7) is 1.55. The summed E-state index contributed by atoms with van der Waals surface area (Å²) in [6, 6.07) is 6.68. The molecule has 0 unspecified atom stereocenters. The first kappa shape index (κ1) is 13.5. The number of benzene rings is 2. The molecule has 2 rings (SSSR count). The number of hydrogen-bond donors (Lipinski definition) is 0. The number of aryl methyl sites for hydroxylation is 1. The predicted molar refractivity (Wildman–Crippen MR) is 61.5 cm³/mol. The van der Waals surface area contributed by atoms with Crippen molar-refractivity contribution in [2.75, 3.05) is 0 Å². The van der Waals surface area contributed by atoms with Crippen LogP contribution in [0.4, 0.5) is 22.0 Å². The standard InChI is InChI=1S/C14H9F5/c1-8-2-3-10(7-13(8)16)9-4-5-12(15)11(6-9)14(17,18)19/h2-7H,1H3. The molecule has 0 aliphatic rings. The van der Waals surface area contributed by atoms with Crippen molar-refractivity contribution in [2.24, 2.45) is 0 Å². The van der Waals surface area contributed by atoms with Crippen LogP contribution in [0.5, 0.6) is 0 Å². The highest BCUT2D eigenvalue weighted by Crippen LogP contribution is 2.34. The highest BCUT2D eigenvalue weighted by molar-refractivity contribution is 5.65. The van der Waals surface area contributed by atoms with E-state index in [0.29, 0.717) is 11.6 Å². The zero-order valence-corrected chi connectivity index (χ0v) is 9.85. The van der Waals surface area contributed by atoms with Crippen molar-refractivity contribution in [1.29, 1.82) is 0 Å². The largest absolute Gasteiger partial charge is 0.419 e. The molecule has 0 amide bonds. The summed E-state index contributed by atoms with van der Waals surface area (Å²) < 4.78 is 64.2. The molecule has 100 valence electrons. The molecule has 19 heavy (non-hydrogen) atoms. The normalized spacial score (nSPS) is 11.7. The summed E-state index contributed by atoms with van der Waals surface area (Å²) in [4.78, 5) is 0. The zero-order chi connectivity index (χ0) is 14.2. The molecule has 0 aliphatic heterocycles. The maximum absolute atomic E-state index is 13.4. The molecular weight excluding hydrogens is 263 g/mol. The number of halogens is 5. The summed E-state index contributed by atoms with van der Waals surface area (Å²) in [5, 5.41) is 0. The molecule has 0 saturated carbocycles. The van der Waals surface area contributed by atoms with Crippen molar-refractivity contribution in [3.63, 3.8) is 0 Å². The van der Waals surface area contributed by atoms with Crippen molar-refractivity contribution < 1.29 is 22.0 Å². The van der Waals surface area contributed by atoms with Crippen molar-refractivity contribution in [3.05, 3.63) is 59.2 Å². The lowest BCUT2D eigenvalue weighted by atomic mass is 10.0. The minimum Gasteiger partial charge on any atom is -0.207 e. The Morgan fingerprint density at radius 1 is 0.789 bits per heavy atom. The maximum atomic E-state index is 13.4. The molecule has 0 nitrogen and oxygen atoms in total. The van der Waals surface area contributed by atoms with Crippen LogP contribution in [0.15, 0.2) is 36.4 Å². The van der Waals surface area contributed by atoms with E-state index in [2.05, 4.69) is 0 Å². The molecule has 5 heteroatoms. The van der Waals surface area contributed by atoms with Crippen molar-refractivity contribution in [3.8, 4) is 11.1 Å². The fourth-order valence-corrected chi connectivity index (χ4v) is 1.69. The molecule has 0 bridgehead atoms. The maximum Gasteiger partial charge on any atom is 0.419 e. The van der Waals surface area contributed by atoms with Gasteiger partial charge >= 0.3 is 6.18 Å². The van der Waals surface area contributed by atoms with Crippen molar-refractivity contribution >= 4 is 0 Å². The van der Waals surface area contributed by atoms with Crippen LogP contribution in [-0.4, -0.2) is 0 Å². The summed E-state index contributed by atoms with van der Waals surface area (Å²) in [5.41, 5.74) is -0.575. The Hall–Kier alpha value is -1.91. The minimum absolute atomic E-state index is 0.118. The average Bonchev–Trinajstić information content (AvgIpc) is 2.32. The smallest absolute Gasteiger partial charge is 0.207 e. The van der Waals surface area contributed by atoms with Gasteiger partial charge in [-0.15, -0.1) is 0 Å². The van der Waals surface area contributed by atoms with Crippen molar-refractivity contribution in [2.45, 2.75) is 13.1 Å².